The summed E-state index contributed by atoms with van der Waals surface area (Å²) in [6.07, 6.45) is 5.24. The fourth-order valence-electron chi connectivity index (χ4n) is 2.59. The van der Waals surface area contributed by atoms with Gasteiger partial charge in [-0.05, 0) is 31.2 Å². The van der Waals surface area contributed by atoms with E-state index in [4.69, 9.17) is 27.9 Å². The third kappa shape index (κ3) is 4.93. The van der Waals surface area contributed by atoms with E-state index >= 15 is 0 Å². The van der Waals surface area contributed by atoms with Crippen LogP contribution in [0.15, 0.2) is 18.2 Å². The first-order valence-electron chi connectivity index (χ1n) is 7.13. The molecule has 0 bridgehead atoms. The molecule has 6 heteroatoms. The Labute approximate surface area is 140 Å². The van der Waals surface area contributed by atoms with E-state index in [1.54, 1.807) is 18.2 Å². The lowest BCUT2D eigenvalue weighted by Crippen LogP contribution is -2.40. The maximum absolute atomic E-state index is 10.0. The van der Waals surface area contributed by atoms with Crippen LogP contribution < -0.4 is 10.1 Å². The Morgan fingerprint density at radius 2 is 2.10 bits per heavy atom. The molecule has 118 valence electrons. The molecular formula is C15H21Cl2NO2S. The first-order valence-corrected chi connectivity index (χ1v) is 9.17. The molecule has 2 rings (SSSR count). The van der Waals surface area contributed by atoms with Gasteiger partial charge in [-0.3, -0.25) is 0 Å². The molecular weight excluding hydrogens is 329 g/mol. The van der Waals surface area contributed by atoms with E-state index in [0.717, 1.165) is 0 Å². The number of ether oxygens (including phenoxy) is 1. The number of aliphatic hydroxyl groups excluding tert-OH is 1. The van der Waals surface area contributed by atoms with Gasteiger partial charge in [0, 0.05) is 17.8 Å². The van der Waals surface area contributed by atoms with E-state index in [2.05, 4.69) is 11.6 Å². The molecule has 1 aromatic carbocycles. The molecule has 3 unspecified atom stereocenters. The Morgan fingerprint density at radius 3 is 2.76 bits per heavy atom. The fraction of sp³-hybridized carbons (Fsp3) is 0.600. The minimum atomic E-state index is -0.583. The Bertz CT molecular complexity index is 441. The monoisotopic (exact) mass is 349 g/mol. The number of hydrogen-bond acceptors (Lipinski definition) is 4. The Hall–Kier alpha value is -0.130. The van der Waals surface area contributed by atoms with Crippen molar-refractivity contribution in [1.29, 1.82) is 0 Å². The SMILES string of the molecule is CSC1CCCC1NCC(O)COc1c(Cl)cccc1Cl. The van der Waals surface area contributed by atoms with Gasteiger partial charge in [-0.1, -0.05) is 35.7 Å². The summed E-state index contributed by atoms with van der Waals surface area (Å²) in [7, 11) is 0. The molecule has 3 atom stereocenters. The number of hydrogen-bond donors (Lipinski definition) is 2. The quantitative estimate of drug-likeness (QED) is 0.788. The van der Waals surface area contributed by atoms with E-state index in [9.17, 15) is 5.11 Å². The normalized spacial score (nSPS) is 23.2. The van der Waals surface area contributed by atoms with Crippen molar-refractivity contribution < 1.29 is 9.84 Å². The molecule has 3 nitrogen and oxygen atoms in total. The molecule has 1 saturated carbocycles. The maximum Gasteiger partial charge on any atom is 0.156 e. The summed E-state index contributed by atoms with van der Waals surface area (Å²) in [5, 5.41) is 15.0. The van der Waals surface area contributed by atoms with Gasteiger partial charge in [0.15, 0.2) is 5.75 Å². The van der Waals surface area contributed by atoms with Gasteiger partial charge >= 0.3 is 0 Å². The lowest BCUT2D eigenvalue weighted by molar-refractivity contribution is 0.104. The van der Waals surface area contributed by atoms with Crippen molar-refractivity contribution in [1.82, 2.24) is 5.32 Å². The van der Waals surface area contributed by atoms with Gasteiger partial charge in [0.1, 0.15) is 12.7 Å². The molecule has 2 N–H and O–H groups in total. The smallest absolute Gasteiger partial charge is 0.156 e. The average molecular weight is 350 g/mol. The van der Waals surface area contributed by atoms with Crippen LogP contribution in [-0.4, -0.2) is 41.9 Å². The van der Waals surface area contributed by atoms with Crippen molar-refractivity contribution in [2.24, 2.45) is 0 Å². The first kappa shape index (κ1) is 17.2. The van der Waals surface area contributed by atoms with Crippen LogP contribution >= 0.6 is 35.0 Å². The summed E-state index contributed by atoms with van der Waals surface area (Å²) < 4.78 is 5.54. The summed E-state index contributed by atoms with van der Waals surface area (Å²) in [6, 6.07) is 5.68. The van der Waals surface area contributed by atoms with Crippen molar-refractivity contribution in [2.75, 3.05) is 19.4 Å². The fourth-order valence-corrected chi connectivity index (χ4v) is 4.06. The second-order valence-corrected chi connectivity index (χ2v) is 7.13. The van der Waals surface area contributed by atoms with E-state index in [1.165, 1.54) is 19.3 Å². The number of para-hydroxylation sites is 1. The zero-order valence-corrected chi connectivity index (χ0v) is 14.3. The minimum Gasteiger partial charge on any atom is -0.488 e. The summed E-state index contributed by atoms with van der Waals surface area (Å²) in [6.45, 7) is 0.691. The number of aliphatic hydroxyl groups is 1. The molecule has 0 amide bonds. The van der Waals surface area contributed by atoms with Crippen molar-refractivity contribution >= 4 is 35.0 Å². The molecule has 0 saturated heterocycles. The van der Waals surface area contributed by atoms with Gasteiger partial charge in [-0.25, -0.2) is 0 Å². The minimum absolute atomic E-state index is 0.174. The first-order chi connectivity index (χ1) is 10.1. The lowest BCUT2D eigenvalue weighted by Gasteiger charge is -2.21. The van der Waals surface area contributed by atoms with Gasteiger partial charge < -0.3 is 15.2 Å². The van der Waals surface area contributed by atoms with Crippen LogP contribution in [0.1, 0.15) is 19.3 Å². The molecule has 0 heterocycles. The van der Waals surface area contributed by atoms with Crippen LogP contribution in [0.25, 0.3) is 0 Å². The van der Waals surface area contributed by atoms with Gasteiger partial charge in [-0.15, -0.1) is 0 Å². The number of benzene rings is 1. The van der Waals surface area contributed by atoms with Crippen molar-refractivity contribution in [3.63, 3.8) is 0 Å². The van der Waals surface area contributed by atoms with Crippen molar-refractivity contribution in [2.45, 2.75) is 36.7 Å². The van der Waals surface area contributed by atoms with Gasteiger partial charge in [0.05, 0.1) is 10.0 Å². The number of rotatable bonds is 7. The van der Waals surface area contributed by atoms with E-state index in [0.29, 0.717) is 33.6 Å². The van der Waals surface area contributed by atoms with Gasteiger partial charge in [0.25, 0.3) is 0 Å². The van der Waals surface area contributed by atoms with E-state index in [1.807, 2.05) is 11.8 Å². The summed E-state index contributed by atoms with van der Waals surface area (Å²) in [4.78, 5) is 0. The predicted octanol–water partition coefficient (Wildman–Crippen LogP) is 3.61. The second-order valence-electron chi connectivity index (χ2n) is 5.24. The molecule has 0 aromatic heterocycles. The topological polar surface area (TPSA) is 41.5 Å². The van der Waals surface area contributed by atoms with Gasteiger partial charge in [0.2, 0.25) is 0 Å². The maximum atomic E-state index is 10.0. The molecule has 1 aromatic rings. The third-order valence-corrected chi connectivity index (χ3v) is 5.47. The van der Waals surface area contributed by atoms with Crippen LogP contribution in [-0.2, 0) is 0 Å². The van der Waals surface area contributed by atoms with Crippen LogP contribution in [0.4, 0.5) is 0 Å². The highest BCUT2D eigenvalue weighted by atomic mass is 35.5. The number of halogens is 2. The average Bonchev–Trinajstić information content (AvgIpc) is 2.92. The van der Waals surface area contributed by atoms with Gasteiger partial charge in [-0.2, -0.15) is 11.8 Å². The molecule has 0 radical (unpaired) electrons. The second kappa shape index (κ2) is 8.49. The zero-order chi connectivity index (χ0) is 15.2. The zero-order valence-electron chi connectivity index (χ0n) is 12.0. The Kier molecular flexibility index (Phi) is 6.96. The molecule has 1 fully saturated rings. The Balaban J connectivity index is 1.76. The highest BCUT2D eigenvalue weighted by Gasteiger charge is 2.26. The highest BCUT2D eigenvalue weighted by molar-refractivity contribution is 7.99. The van der Waals surface area contributed by atoms with Crippen molar-refractivity contribution in [3.05, 3.63) is 28.2 Å². The van der Waals surface area contributed by atoms with Crippen LogP contribution in [0.2, 0.25) is 10.0 Å². The highest BCUT2D eigenvalue weighted by Crippen LogP contribution is 2.32. The van der Waals surface area contributed by atoms with Crippen LogP contribution in [0.3, 0.4) is 0 Å². The summed E-state index contributed by atoms with van der Waals surface area (Å²) >= 11 is 13.9. The third-order valence-electron chi connectivity index (χ3n) is 3.71. The summed E-state index contributed by atoms with van der Waals surface area (Å²) in [5.41, 5.74) is 0. The molecule has 1 aliphatic rings. The Morgan fingerprint density at radius 1 is 1.38 bits per heavy atom. The van der Waals surface area contributed by atoms with Crippen LogP contribution in [0.5, 0.6) is 5.75 Å². The molecule has 0 aliphatic heterocycles. The largest absolute Gasteiger partial charge is 0.488 e. The molecule has 1 aliphatic carbocycles. The van der Waals surface area contributed by atoms with Crippen LogP contribution in [0, 0.1) is 0 Å². The molecule has 21 heavy (non-hydrogen) atoms. The number of thioether (sulfide) groups is 1. The lowest BCUT2D eigenvalue weighted by atomic mass is 10.2. The van der Waals surface area contributed by atoms with Crippen molar-refractivity contribution in [3.8, 4) is 5.75 Å². The van der Waals surface area contributed by atoms with E-state index in [-0.39, 0.29) is 6.61 Å². The number of nitrogens with one attached hydrogen (secondary N) is 1. The standard InChI is InChI=1S/C15H21Cl2NO2S/c1-21-14-7-3-6-13(14)18-8-10(19)9-20-15-11(16)4-2-5-12(15)17/h2,4-5,10,13-14,18-19H,3,6-9H2,1H3. The summed E-state index contributed by atoms with van der Waals surface area (Å²) in [5.74, 6) is 0.433. The predicted molar refractivity (Wildman–Crippen MR) is 90.9 cm³/mol. The van der Waals surface area contributed by atoms with E-state index < -0.39 is 6.10 Å². The molecule has 0 spiro atoms.